The van der Waals surface area contributed by atoms with E-state index < -0.39 is 0 Å². The largest absolute Gasteiger partial charge is 0.492 e. The van der Waals surface area contributed by atoms with Crippen LogP contribution in [0.2, 0.25) is 0 Å². The van der Waals surface area contributed by atoms with Crippen LogP contribution in [-0.2, 0) is 24.1 Å². The Morgan fingerprint density at radius 2 is 1.96 bits per heavy atom. The summed E-state index contributed by atoms with van der Waals surface area (Å²) in [5.74, 6) is 0.665. The number of aromatic nitrogens is 1. The van der Waals surface area contributed by atoms with E-state index in [0.29, 0.717) is 18.2 Å². The van der Waals surface area contributed by atoms with Gasteiger partial charge in [0.2, 0.25) is 5.91 Å². The van der Waals surface area contributed by atoms with Gasteiger partial charge in [-0.15, -0.1) is 11.3 Å². The summed E-state index contributed by atoms with van der Waals surface area (Å²) in [6.45, 7) is 2.56. The maximum absolute atomic E-state index is 12.6. The molecule has 5 heteroatoms. The van der Waals surface area contributed by atoms with Crippen molar-refractivity contribution >= 4 is 22.4 Å². The van der Waals surface area contributed by atoms with Crippen LogP contribution >= 0.6 is 11.3 Å². The number of carbonyl (C=O) groups is 1. The zero-order chi connectivity index (χ0) is 18.6. The molecule has 1 unspecified atom stereocenters. The Hall–Kier alpha value is -2.66. The number of rotatable bonds is 5. The summed E-state index contributed by atoms with van der Waals surface area (Å²) in [4.78, 5) is 18.1. The fourth-order valence-corrected chi connectivity index (χ4v) is 4.09. The molecular weight excluding hydrogens is 356 g/mol. The highest BCUT2D eigenvalue weighted by atomic mass is 32.1. The van der Waals surface area contributed by atoms with Crippen molar-refractivity contribution in [2.75, 3.05) is 11.9 Å². The van der Waals surface area contributed by atoms with E-state index in [9.17, 15) is 4.79 Å². The van der Waals surface area contributed by atoms with Gasteiger partial charge in [0.1, 0.15) is 12.4 Å². The van der Waals surface area contributed by atoms with Gasteiger partial charge in [-0.1, -0.05) is 49.4 Å². The van der Waals surface area contributed by atoms with Crippen molar-refractivity contribution in [3.8, 4) is 5.75 Å². The second-order valence-corrected chi connectivity index (χ2v) is 7.90. The first-order valence-corrected chi connectivity index (χ1v) is 10.1. The molecule has 0 spiro atoms. The maximum atomic E-state index is 12.6. The standard InChI is InChI=1S/C22H22N2O2S/c1-2-15-7-9-16(10-8-15)11-19-13-23-22(27-19)24-21(25)18-12-17-5-3-4-6-20(17)26-14-18/h3-10,13,18H,2,11-12,14H2,1H3,(H,23,24,25). The van der Waals surface area contributed by atoms with Gasteiger partial charge in [0.05, 0.1) is 5.92 Å². The lowest BCUT2D eigenvalue weighted by molar-refractivity contribution is -0.121. The predicted molar refractivity (Wildman–Crippen MR) is 109 cm³/mol. The van der Waals surface area contributed by atoms with Gasteiger partial charge in [0.15, 0.2) is 5.13 Å². The summed E-state index contributed by atoms with van der Waals surface area (Å²) in [5.41, 5.74) is 3.68. The topological polar surface area (TPSA) is 51.2 Å². The average Bonchev–Trinajstić information content (AvgIpc) is 3.15. The number of aryl methyl sites for hydroxylation is 1. The van der Waals surface area contributed by atoms with Crippen LogP contribution < -0.4 is 10.1 Å². The van der Waals surface area contributed by atoms with Crippen LogP contribution in [0.15, 0.2) is 54.7 Å². The summed E-state index contributed by atoms with van der Waals surface area (Å²) in [5, 5.41) is 3.61. The van der Waals surface area contributed by atoms with Crippen molar-refractivity contribution in [1.82, 2.24) is 4.98 Å². The molecule has 0 fully saturated rings. The Balaban J connectivity index is 1.37. The van der Waals surface area contributed by atoms with Gasteiger partial charge in [-0.2, -0.15) is 0 Å². The number of hydrogen-bond donors (Lipinski definition) is 1. The number of para-hydroxylation sites is 1. The molecule has 0 saturated heterocycles. The molecule has 0 radical (unpaired) electrons. The van der Waals surface area contributed by atoms with Crippen molar-refractivity contribution in [2.24, 2.45) is 5.92 Å². The van der Waals surface area contributed by atoms with Crippen LogP contribution in [0.5, 0.6) is 5.75 Å². The molecule has 138 valence electrons. The molecule has 1 aromatic heterocycles. The number of ether oxygens (including phenoxy) is 1. The number of carbonyl (C=O) groups excluding carboxylic acids is 1. The lowest BCUT2D eigenvalue weighted by Crippen LogP contribution is -2.32. The summed E-state index contributed by atoms with van der Waals surface area (Å²) >= 11 is 1.53. The molecule has 2 heterocycles. The monoisotopic (exact) mass is 378 g/mol. The SMILES string of the molecule is CCc1ccc(Cc2cnc(NC(=O)C3COc4ccccc4C3)s2)cc1. The Labute approximate surface area is 163 Å². The second kappa shape index (κ2) is 7.92. The summed E-state index contributed by atoms with van der Waals surface area (Å²) in [7, 11) is 0. The number of thiazole rings is 1. The fraction of sp³-hybridized carbons (Fsp3) is 0.273. The van der Waals surface area contributed by atoms with E-state index in [1.54, 1.807) is 0 Å². The molecule has 1 aliphatic heterocycles. The highest BCUT2D eigenvalue weighted by molar-refractivity contribution is 7.15. The predicted octanol–water partition coefficient (Wildman–Crippen LogP) is 4.49. The summed E-state index contributed by atoms with van der Waals surface area (Å²) < 4.78 is 5.72. The van der Waals surface area contributed by atoms with Gasteiger partial charge in [0, 0.05) is 17.5 Å². The molecule has 0 saturated carbocycles. The van der Waals surface area contributed by atoms with Crippen LogP contribution in [0, 0.1) is 5.92 Å². The highest BCUT2D eigenvalue weighted by Gasteiger charge is 2.26. The first-order valence-electron chi connectivity index (χ1n) is 9.25. The first-order chi connectivity index (χ1) is 13.2. The Kier molecular flexibility index (Phi) is 5.21. The number of hydrogen-bond acceptors (Lipinski definition) is 4. The molecule has 1 atom stereocenters. The quantitative estimate of drug-likeness (QED) is 0.712. The molecule has 4 rings (SSSR count). The molecule has 27 heavy (non-hydrogen) atoms. The lowest BCUT2D eigenvalue weighted by Gasteiger charge is -2.24. The Morgan fingerprint density at radius 1 is 1.19 bits per heavy atom. The molecule has 0 aliphatic carbocycles. The van der Waals surface area contributed by atoms with Gasteiger partial charge < -0.3 is 10.1 Å². The van der Waals surface area contributed by atoms with Crippen molar-refractivity contribution < 1.29 is 9.53 Å². The zero-order valence-corrected chi connectivity index (χ0v) is 16.1. The normalized spacial score (nSPS) is 15.7. The summed E-state index contributed by atoms with van der Waals surface area (Å²) in [6.07, 6.45) is 4.43. The average molecular weight is 378 g/mol. The van der Waals surface area contributed by atoms with Crippen molar-refractivity contribution in [1.29, 1.82) is 0 Å². The molecule has 0 bridgehead atoms. The number of amides is 1. The minimum atomic E-state index is -0.186. The third-order valence-electron chi connectivity index (χ3n) is 4.84. The third kappa shape index (κ3) is 4.19. The van der Waals surface area contributed by atoms with Crippen LogP contribution in [0.3, 0.4) is 0 Å². The van der Waals surface area contributed by atoms with Crippen LogP contribution in [-0.4, -0.2) is 17.5 Å². The molecule has 1 N–H and O–H groups in total. The van der Waals surface area contributed by atoms with Crippen LogP contribution in [0.25, 0.3) is 0 Å². The van der Waals surface area contributed by atoms with Gasteiger partial charge in [-0.25, -0.2) is 4.98 Å². The minimum Gasteiger partial charge on any atom is -0.492 e. The zero-order valence-electron chi connectivity index (χ0n) is 15.3. The van der Waals surface area contributed by atoms with E-state index in [-0.39, 0.29) is 11.8 Å². The molecule has 2 aromatic carbocycles. The summed E-state index contributed by atoms with van der Waals surface area (Å²) in [6, 6.07) is 16.5. The lowest BCUT2D eigenvalue weighted by atomic mass is 9.96. The van der Waals surface area contributed by atoms with E-state index in [1.165, 1.54) is 22.5 Å². The van der Waals surface area contributed by atoms with Crippen molar-refractivity contribution in [3.05, 3.63) is 76.3 Å². The van der Waals surface area contributed by atoms with E-state index >= 15 is 0 Å². The minimum absolute atomic E-state index is 0.0299. The van der Waals surface area contributed by atoms with Crippen molar-refractivity contribution in [2.45, 2.75) is 26.2 Å². The highest BCUT2D eigenvalue weighted by Crippen LogP contribution is 2.28. The number of nitrogens with zero attached hydrogens (tertiary/aromatic N) is 1. The van der Waals surface area contributed by atoms with Crippen LogP contribution in [0.1, 0.15) is 28.5 Å². The Morgan fingerprint density at radius 3 is 2.78 bits per heavy atom. The van der Waals surface area contributed by atoms with E-state index in [4.69, 9.17) is 4.74 Å². The third-order valence-corrected chi connectivity index (χ3v) is 5.76. The van der Waals surface area contributed by atoms with Crippen LogP contribution in [0.4, 0.5) is 5.13 Å². The maximum Gasteiger partial charge on any atom is 0.233 e. The molecule has 4 nitrogen and oxygen atoms in total. The molecule has 1 amide bonds. The number of nitrogens with one attached hydrogen (secondary N) is 1. The van der Waals surface area contributed by atoms with E-state index in [0.717, 1.165) is 29.0 Å². The number of benzene rings is 2. The second-order valence-electron chi connectivity index (χ2n) is 6.79. The van der Waals surface area contributed by atoms with Gasteiger partial charge in [-0.05, 0) is 35.6 Å². The smallest absolute Gasteiger partial charge is 0.233 e. The van der Waals surface area contributed by atoms with Crippen molar-refractivity contribution in [3.63, 3.8) is 0 Å². The molecular formula is C22H22N2O2S. The Bertz CT molecular complexity index is 933. The van der Waals surface area contributed by atoms with E-state index in [2.05, 4.69) is 41.5 Å². The van der Waals surface area contributed by atoms with Gasteiger partial charge in [-0.3, -0.25) is 4.79 Å². The number of anilines is 1. The van der Waals surface area contributed by atoms with E-state index in [1.807, 2.05) is 30.5 Å². The number of fused-ring (bicyclic) bond motifs is 1. The first kappa shape index (κ1) is 17.7. The molecule has 1 aliphatic rings. The van der Waals surface area contributed by atoms with Gasteiger partial charge >= 0.3 is 0 Å². The molecule has 3 aromatic rings. The fourth-order valence-electron chi connectivity index (χ4n) is 3.24. The van der Waals surface area contributed by atoms with Gasteiger partial charge in [0.25, 0.3) is 0 Å².